The van der Waals surface area contributed by atoms with Crippen LogP contribution in [0.1, 0.15) is 186 Å². The molecule has 0 heterocycles. The van der Waals surface area contributed by atoms with Gasteiger partial charge in [0, 0.05) is 0 Å². The maximum atomic E-state index is 9.30. The topological polar surface area (TPSA) is 0 Å². The zero-order valence-corrected chi connectivity index (χ0v) is 45.2. The van der Waals surface area contributed by atoms with E-state index in [1.165, 1.54) is 133 Å². The van der Waals surface area contributed by atoms with Gasteiger partial charge in [-0.25, -0.2) is 0 Å². The first-order valence-electron chi connectivity index (χ1n) is 24.8. The first-order valence-corrected chi connectivity index (χ1v) is 41.1. The maximum absolute atomic E-state index is 9.30. The fourth-order valence-electron chi connectivity index (χ4n) is 13.4. The molecule has 0 spiro atoms. The van der Waals surface area contributed by atoms with Crippen LogP contribution in [0, 0.1) is 10.8 Å². The van der Waals surface area contributed by atoms with Crippen LogP contribution >= 0.6 is 17.0 Å². The third-order valence-electron chi connectivity index (χ3n) is 16.7. The average molecular weight is 964 g/mol. The average Bonchev–Trinajstić information content (AvgIpc) is 4.03. The molecule has 0 bridgehead atoms. The predicted octanol–water partition coefficient (Wildman–Crippen LogP) is 18.7. The van der Waals surface area contributed by atoms with Crippen molar-refractivity contribution in [3.8, 4) is 22.3 Å². The van der Waals surface area contributed by atoms with E-state index in [4.69, 9.17) is 0 Å². The molecule has 2 saturated carbocycles. The van der Waals surface area contributed by atoms with Gasteiger partial charge in [-0.1, -0.05) is 0 Å². The van der Waals surface area contributed by atoms with E-state index in [1.54, 1.807) is 11.1 Å². The van der Waals surface area contributed by atoms with Gasteiger partial charge >= 0.3 is 390 Å². The molecule has 0 N–H and O–H groups in total. The second kappa shape index (κ2) is 17.4. The molecular formula is C58H77Cl2SiZr. The molecule has 8 rings (SSSR count). The van der Waals surface area contributed by atoms with Gasteiger partial charge in [-0.2, -0.15) is 0 Å². The van der Waals surface area contributed by atoms with Crippen LogP contribution < -0.4 is 0 Å². The van der Waals surface area contributed by atoms with Crippen molar-refractivity contribution in [1.29, 1.82) is 0 Å². The quantitative estimate of drug-likeness (QED) is 0.117. The molecule has 331 valence electrons. The van der Waals surface area contributed by atoms with Gasteiger partial charge in [0.25, 0.3) is 0 Å². The van der Waals surface area contributed by atoms with Gasteiger partial charge < -0.3 is 0 Å². The molecule has 2 atom stereocenters. The van der Waals surface area contributed by atoms with E-state index in [1.807, 2.05) is 0 Å². The normalized spacial score (nSPS) is 21.4. The third-order valence-corrected chi connectivity index (χ3v) is 68.5. The Hall–Kier alpha value is -1.96. The minimum absolute atomic E-state index is 0.101. The third kappa shape index (κ3) is 8.39. The van der Waals surface area contributed by atoms with Gasteiger partial charge in [-0.15, -0.1) is 0 Å². The summed E-state index contributed by atoms with van der Waals surface area (Å²) in [6, 6.07) is 33.3. The van der Waals surface area contributed by atoms with Crippen LogP contribution in [0.3, 0.4) is 0 Å². The summed E-state index contributed by atoms with van der Waals surface area (Å²) in [5.41, 5.74) is 17.7. The van der Waals surface area contributed by atoms with E-state index >= 15 is 0 Å². The summed E-state index contributed by atoms with van der Waals surface area (Å²) >= 11 is -5.13. The summed E-state index contributed by atoms with van der Waals surface area (Å²) in [4.78, 5) is 0. The summed E-state index contributed by atoms with van der Waals surface area (Å²) in [5.74, 6) is -1.76. The molecule has 62 heavy (non-hydrogen) atoms. The molecule has 4 aliphatic carbocycles. The van der Waals surface area contributed by atoms with Crippen molar-refractivity contribution in [3.05, 3.63) is 129 Å². The molecule has 4 aromatic rings. The van der Waals surface area contributed by atoms with E-state index in [9.17, 15) is 17.0 Å². The molecule has 4 aliphatic rings. The number of halogens is 2. The van der Waals surface area contributed by atoms with Crippen molar-refractivity contribution >= 4 is 35.1 Å². The van der Waals surface area contributed by atoms with E-state index in [2.05, 4.69) is 166 Å². The summed E-state index contributed by atoms with van der Waals surface area (Å²) in [7, 11) is 18.6. The van der Waals surface area contributed by atoms with Crippen LogP contribution in [-0.2, 0) is 26.4 Å². The molecular weight excluding hydrogens is 887 g/mol. The zero-order chi connectivity index (χ0) is 44.3. The molecule has 0 radical (unpaired) electrons. The van der Waals surface area contributed by atoms with Gasteiger partial charge in [0.2, 0.25) is 0 Å². The van der Waals surface area contributed by atoms with Gasteiger partial charge in [0.1, 0.15) is 0 Å². The Labute approximate surface area is 386 Å². The first kappa shape index (κ1) is 46.6. The summed E-state index contributed by atoms with van der Waals surface area (Å²) in [5, 5.41) is 0. The van der Waals surface area contributed by atoms with Crippen LogP contribution in [0.15, 0.2) is 96.1 Å². The fourth-order valence-corrected chi connectivity index (χ4v) is 44.7. The number of hydrogen-bond acceptors (Lipinski definition) is 0. The molecule has 2 unspecified atom stereocenters. The van der Waals surface area contributed by atoms with Gasteiger partial charge in [0.15, 0.2) is 0 Å². The van der Waals surface area contributed by atoms with Crippen LogP contribution in [0.5, 0.6) is 0 Å². The van der Waals surface area contributed by atoms with Crippen molar-refractivity contribution in [2.75, 3.05) is 0 Å². The van der Waals surface area contributed by atoms with E-state index < -0.39 is 21.5 Å². The number of allylic oxidation sites excluding steroid dienone is 2. The van der Waals surface area contributed by atoms with Crippen molar-refractivity contribution in [2.45, 2.75) is 176 Å². The van der Waals surface area contributed by atoms with E-state index in [0.717, 1.165) is 12.8 Å². The Balaban J connectivity index is 1.35. The molecule has 0 nitrogen and oxygen atoms in total. The van der Waals surface area contributed by atoms with Crippen molar-refractivity contribution in [2.24, 2.45) is 10.8 Å². The molecule has 4 aromatic carbocycles. The van der Waals surface area contributed by atoms with Crippen molar-refractivity contribution in [3.63, 3.8) is 0 Å². The second-order valence-corrected chi connectivity index (χ2v) is 65.7. The van der Waals surface area contributed by atoms with Gasteiger partial charge in [0.05, 0.1) is 0 Å². The Morgan fingerprint density at radius 2 is 0.903 bits per heavy atom. The van der Waals surface area contributed by atoms with E-state index in [-0.39, 0.29) is 18.1 Å². The fraction of sp³-hybridized carbons (Fsp3) is 0.517. The molecule has 0 saturated heterocycles. The number of benzene rings is 4. The Morgan fingerprint density at radius 1 is 0.548 bits per heavy atom. The Bertz CT molecular complexity index is 2160. The van der Waals surface area contributed by atoms with Gasteiger partial charge in [-0.3, -0.25) is 0 Å². The first-order chi connectivity index (χ1) is 29.3. The summed E-state index contributed by atoms with van der Waals surface area (Å²) in [6.45, 7) is 23.8. The second-order valence-electron chi connectivity index (χ2n) is 23.2. The standard InChI is InChI=1S/2C28H35.C2H7Si.2ClH.Zr/c2*1-5-15-28(16-6-7-17-28)20-21-18-23-9-8-10-25(26(23)19-21)22-11-13-24(14-12-22)27(2,3)4;1-3-2;;;/h2*8-14,18-19H,5-7,15-17,20H2,1-4H3;3H,1-2H3;2*1H;/q;;;;;+2/p-2. The molecule has 4 heteroatoms. The van der Waals surface area contributed by atoms with Crippen molar-refractivity contribution in [1.82, 2.24) is 0 Å². The molecule has 0 aliphatic heterocycles. The number of hydrogen-bond donors (Lipinski definition) is 0. The number of rotatable bonds is 13. The van der Waals surface area contributed by atoms with E-state index in [0.29, 0.717) is 10.8 Å². The van der Waals surface area contributed by atoms with Gasteiger partial charge in [-0.05, 0) is 0 Å². The van der Waals surface area contributed by atoms with Crippen molar-refractivity contribution < 1.29 is 15.6 Å². The predicted molar refractivity (Wildman–Crippen MR) is 274 cm³/mol. The zero-order valence-electron chi connectivity index (χ0n) is 40.1. The number of fused-ring (bicyclic) bond motifs is 2. The monoisotopic (exact) mass is 961 g/mol. The molecule has 2 fully saturated rings. The molecule has 0 aromatic heterocycles. The van der Waals surface area contributed by atoms with Crippen LogP contribution in [0.25, 0.3) is 34.4 Å². The summed E-state index contributed by atoms with van der Waals surface area (Å²) in [6.07, 6.45) is 23.3. The minimum atomic E-state index is -5.13. The Kier molecular flexibility index (Phi) is 13.0. The van der Waals surface area contributed by atoms with Crippen LogP contribution in [0.2, 0.25) is 13.1 Å². The SMILES string of the molecule is CCCC1(CC2=Cc3c(-c4ccc(C(C)(C)C)cc4)cccc3[CH]2[Zr]([Cl])([Cl])([CH]2C(CC3(CCC)CCCC3)=Cc3c(-c4ccc(C(C)(C)C)cc4)cccc32)[SiH](C)C)CCCC1. The molecule has 0 amide bonds. The van der Waals surface area contributed by atoms with Crippen LogP contribution in [-0.4, -0.2) is 5.92 Å². The summed E-state index contributed by atoms with van der Waals surface area (Å²) < 4.78 is 0.202. The Morgan fingerprint density at radius 3 is 1.21 bits per heavy atom. The van der Waals surface area contributed by atoms with Crippen LogP contribution in [0.4, 0.5) is 0 Å².